The monoisotopic (exact) mass is 389 g/mol. The van der Waals surface area contributed by atoms with Crippen molar-refractivity contribution in [3.05, 3.63) is 71.9 Å². The van der Waals surface area contributed by atoms with Gasteiger partial charge >= 0.3 is 0 Å². The maximum absolute atomic E-state index is 12.6. The van der Waals surface area contributed by atoms with Gasteiger partial charge in [-0.2, -0.15) is 0 Å². The summed E-state index contributed by atoms with van der Waals surface area (Å²) in [7, 11) is 0. The van der Waals surface area contributed by atoms with Crippen LogP contribution >= 0.6 is 0 Å². The average molecular weight is 389 g/mol. The van der Waals surface area contributed by atoms with Crippen molar-refractivity contribution in [3.8, 4) is 0 Å². The number of amides is 1. The van der Waals surface area contributed by atoms with Crippen LogP contribution in [0, 0.1) is 0 Å². The number of piperidine rings is 1. The number of aromatic amines is 1. The smallest absolute Gasteiger partial charge is 0.251 e. The second kappa shape index (κ2) is 9.05. The Kier molecular flexibility index (Phi) is 6.06. The predicted molar refractivity (Wildman–Crippen MR) is 115 cm³/mol. The highest BCUT2D eigenvalue weighted by atomic mass is 16.1. The van der Waals surface area contributed by atoms with Crippen molar-refractivity contribution >= 4 is 22.6 Å². The van der Waals surface area contributed by atoms with E-state index in [1.54, 1.807) is 0 Å². The van der Waals surface area contributed by atoms with Crippen LogP contribution < -0.4 is 5.32 Å². The van der Waals surface area contributed by atoms with Crippen molar-refractivity contribution in [2.24, 2.45) is 0 Å². The summed E-state index contributed by atoms with van der Waals surface area (Å²) in [5.74, 6) is 0.209. The largest absolute Gasteiger partial charge is 0.360 e. The second-order valence-electron chi connectivity index (χ2n) is 7.73. The Hall–Kier alpha value is -2.92. The van der Waals surface area contributed by atoms with Crippen molar-refractivity contribution in [2.45, 2.75) is 31.7 Å². The number of benzene rings is 2. The fourth-order valence-corrected chi connectivity index (χ4v) is 4.06. The van der Waals surface area contributed by atoms with Crippen molar-refractivity contribution in [2.75, 3.05) is 19.6 Å². The van der Waals surface area contributed by atoms with Crippen LogP contribution in [0.5, 0.6) is 0 Å². The van der Waals surface area contributed by atoms with Crippen molar-refractivity contribution in [1.82, 2.24) is 15.2 Å². The Bertz CT molecular complexity index is 972. The van der Waals surface area contributed by atoms with Crippen LogP contribution in [0.3, 0.4) is 0 Å². The van der Waals surface area contributed by atoms with Gasteiger partial charge in [0.15, 0.2) is 5.78 Å². The summed E-state index contributed by atoms with van der Waals surface area (Å²) in [6.07, 6.45) is 5.16. The zero-order valence-electron chi connectivity index (χ0n) is 16.6. The molecule has 0 radical (unpaired) electrons. The van der Waals surface area contributed by atoms with Crippen LogP contribution in [0.1, 0.15) is 46.4 Å². The molecule has 5 heteroatoms. The highest BCUT2D eigenvalue weighted by Gasteiger charge is 2.21. The maximum atomic E-state index is 12.6. The van der Waals surface area contributed by atoms with Gasteiger partial charge in [-0.1, -0.05) is 36.4 Å². The van der Waals surface area contributed by atoms with Gasteiger partial charge in [0, 0.05) is 53.8 Å². The minimum absolute atomic E-state index is 0.00776. The molecule has 0 spiro atoms. The lowest BCUT2D eigenvalue weighted by atomic mass is 10.0. The second-order valence-corrected chi connectivity index (χ2v) is 7.73. The first-order valence-corrected chi connectivity index (χ1v) is 10.4. The number of ketones is 1. The Morgan fingerprint density at radius 3 is 2.52 bits per heavy atom. The third-order valence-corrected chi connectivity index (χ3v) is 5.73. The molecule has 2 aromatic carbocycles. The van der Waals surface area contributed by atoms with E-state index in [1.165, 1.54) is 0 Å². The number of nitrogens with one attached hydrogen (secondary N) is 2. The molecule has 1 fully saturated rings. The molecule has 0 bridgehead atoms. The number of carbonyl (C=O) groups is 2. The lowest BCUT2D eigenvalue weighted by molar-refractivity contribution is 0.0903. The topological polar surface area (TPSA) is 65.2 Å². The SMILES string of the molecule is O=C(NC1CCN(CCCC(=O)c2c[nH]c3ccccc23)CC1)c1ccccc1. The summed E-state index contributed by atoms with van der Waals surface area (Å²) in [5, 5.41) is 4.15. The quantitative estimate of drug-likeness (QED) is 0.600. The minimum Gasteiger partial charge on any atom is -0.360 e. The molecule has 0 saturated carbocycles. The van der Waals surface area contributed by atoms with Gasteiger partial charge in [0.25, 0.3) is 5.91 Å². The van der Waals surface area contributed by atoms with Gasteiger partial charge in [-0.15, -0.1) is 0 Å². The molecule has 29 heavy (non-hydrogen) atoms. The standard InChI is InChI=1S/C24H27N3O2/c28-23(21-17-25-22-10-5-4-9-20(21)22)11-6-14-27-15-12-19(13-16-27)26-24(29)18-7-2-1-3-8-18/h1-5,7-10,17,19,25H,6,11-16H2,(H,26,29). The molecule has 0 atom stereocenters. The number of Topliss-reactive ketones (excluding diaryl/α,β-unsaturated/α-hetero) is 1. The van der Waals surface area contributed by atoms with Gasteiger partial charge in [0.05, 0.1) is 0 Å². The van der Waals surface area contributed by atoms with E-state index in [1.807, 2.05) is 60.8 Å². The van der Waals surface area contributed by atoms with Gasteiger partial charge in [-0.25, -0.2) is 0 Å². The number of hydrogen-bond acceptors (Lipinski definition) is 3. The fourth-order valence-electron chi connectivity index (χ4n) is 4.06. The first-order valence-electron chi connectivity index (χ1n) is 10.4. The summed E-state index contributed by atoms with van der Waals surface area (Å²) in [6, 6.07) is 17.5. The van der Waals surface area contributed by atoms with Crippen LogP contribution in [-0.4, -0.2) is 47.3 Å². The molecule has 150 valence electrons. The fraction of sp³-hybridized carbons (Fsp3) is 0.333. The number of fused-ring (bicyclic) bond motifs is 1. The summed E-state index contributed by atoms with van der Waals surface area (Å²) >= 11 is 0. The van der Waals surface area contributed by atoms with Crippen LogP contribution in [-0.2, 0) is 0 Å². The predicted octanol–water partition coefficient (Wildman–Crippen LogP) is 4.03. The molecule has 4 rings (SSSR count). The molecule has 2 N–H and O–H groups in total. The summed E-state index contributed by atoms with van der Waals surface area (Å²) < 4.78 is 0. The van der Waals surface area contributed by atoms with Crippen molar-refractivity contribution in [1.29, 1.82) is 0 Å². The van der Waals surface area contributed by atoms with Gasteiger partial charge in [-0.05, 0) is 44.0 Å². The number of carbonyl (C=O) groups excluding carboxylic acids is 2. The third-order valence-electron chi connectivity index (χ3n) is 5.73. The number of para-hydroxylation sites is 1. The number of hydrogen-bond donors (Lipinski definition) is 2. The highest BCUT2D eigenvalue weighted by molar-refractivity contribution is 6.07. The third kappa shape index (κ3) is 4.74. The Morgan fingerprint density at radius 2 is 1.72 bits per heavy atom. The van der Waals surface area contributed by atoms with E-state index in [-0.39, 0.29) is 17.7 Å². The summed E-state index contributed by atoms with van der Waals surface area (Å²) in [6.45, 7) is 2.84. The van der Waals surface area contributed by atoms with E-state index in [0.29, 0.717) is 12.0 Å². The normalized spacial score (nSPS) is 15.4. The molecule has 0 aliphatic carbocycles. The Balaban J connectivity index is 1.19. The molecule has 1 aliphatic heterocycles. The first-order chi connectivity index (χ1) is 14.2. The molecule has 3 aromatic rings. The van der Waals surface area contributed by atoms with Gasteiger partial charge < -0.3 is 15.2 Å². The van der Waals surface area contributed by atoms with Crippen molar-refractivity contribution in [3.63, 3.8) is 0 Å². The van der Waals surface area contributed by atoms with E-state index >= 15 is 0 Å². The summed E-state index contributed by atoms with van der Waals surface area (Å²) in [4.78, 5) is 30.4. The van der Waals surface area contributed by atoms with Crippen LogP contribution in [0.4, 0.5) is 0 Å². The minimum atomic E-state index is 0.00776. The molecule has 1 aromatic heterocycles. The van der Waals surface area contributed by atoms with Crippen molar-refractivity contribution < 1.29 is 9.59 Å². The number of likely N-dealkylation sites (tertiary alicyclic amines) is 1. The molecule has 5 nitrogen and oxygen atoms in total. The molecule has 1 amide bonds. The zero-order valence-corrected chi connectivity index (χ0v) is 16.6. The molecular formula is C24H27N3O2. The molecule has 2 heterocycles. The molecule has 1 aliphatic rings. The van der Waals surface area contributed by atoms with Gasteiger partial charge in [0.1, 0.15) is 0 Å². The molecule has 1 saturated heterocycles. The molecule has 0 unspecified atom stereocenters. The Morgan fingerprint density at radius 1 is 1.00 bits per heavy atom. The Labute approximate surface area is 171 Å². The average Bonchev–Trinajstić information content (AvgIpc) is 3.20. The maximum Gasteiger partial charge on any atom is 0.251 e. The number of rotatable bonds is 7. The van der Waals surface area contributed by atoms with Gasteiger partial charge in [-0.3, -0.25) is 9.59 Å². The van der Waals surface area contributed by atoms with Crippen LogP contribution in [0.25, 0.3) is 10.9 Å². The van der Waals surface area contributed by atoms with Crippen LogP contribution in [0.15, 0.2) is 60.8 Å². The van der Waals surface area contributed by atoms with E-state index < -0.39 is 0 Å². The summed E-state index contributed by atoms with van der Waals surface area (Å²) in [5.41, 5.74) is 2.52. The van der Waals surface area contributed by atoms with Gasteiger partial charge in [0.2, 0.25) is 0 Å². The van der Waals surface area contributed by atoms with E-state index in [2.05, 4.69) is 15.2 Å². The lowest BCUT2D eigenvalue weighted by Crippen LogP contribution is -2.44. The number of aromatic nitrogens is 1. The number of H-pyrrole nitrogens is 1. The first kappa shape index (κ1) is 19.4. The van der Waals surface area contributed by atoms with E-state index in [0.717, 1.165) is 55.4 Å². The van der Waals surface area contributed by atoms with E-state index in [4.69, 9.17) is 0 Å². The lowest BCUT2D eigenvalue weighted by Gasteiger charge is -2.32. The zero-order chi connectivity index (χ0) is 20.1. The molecular weight excluding hydrogens is 362 g/mol. The van der Waals surface area contributed by atoms with E-state index in [9.17, 15) is 9.59 Å². The highest BCUT2D eigenvalue weighted by Crippen LogP contribution is 2.20. The van der Waals surface area contributed by atoms with Crippen LogP contribution in [0.2, 0.25) is 0 Å². The number of nitrogens with zero attached hydrogens (tertiary/aromatic N) is 1.